The first-order valence-corrected chi connectivity index (χ1v) is 23.5. The van der Waals surface area contributed by atoms with Gasteiger partial charge in [0, 0.05) is 35.0 Å². The number of fused-ring (bicyclic) bond motifs is 3. The number of amides is 3. The number of anilines is 3. The van der Waals surface area contributed by atoms with Crippen molar-refractivity contribution in [1.29, 1.82) is 0 Å². The summed E-state index contributed by atoms with van der Waals surface area (Å²) in [5.74, 6) is 0.445. The molecule has 0 radical (unpaired) electrons. The van der Waals surface area contributed by atoms with Crippen LogP contribution in [-0.4, -0.2) is 68.8 Å². The predicted octanol–water partition coefficient (Wildman–Crippen LogP) is 6.64. The maximum absolute atomic E-state index is 15.4. The van der Waals surface area contributed by atoms with Crippen LogP contribution in [-0.2, 0) is 39.4 Å². The van der Waals surface area contributed by atoms with Gasteiger partial charge in [0.25, 0.3) is 11.8 Å². The van der Waals surface area contributed by atoms with E-state index < -0.39 is 19.8 Å². The first kappa shape index (κ1) is 40.8. The molecule has 5 aromatic rings. The van der Waals surface area contributed by atoms with E-state index in [1.54, 1.807) is 48.3 Å². The van der Waals surface area contributed by atoms with Crippen molar-refractivity contribution in [2.45, 2.75) is 69.2 Å². The van der Waals surface area contributed by atoms with Crippen LogP contribution in [0.25, 0.3) is 0 Å². The third-order valence-corrected chi connectivity index (χ3v) is 17.4. The Balaban J connectivity index is 1.14. The topological polar surface area (TPSA) is 144 Å². The van der Waals surface area contributed by atoms with E-state index in [-0.39, 0.29) is 54.8 Å². The molecule has 3 amide bonds. The first-order chi connectivity index (χ1) is 28.9. The van der Waals surface area contributed by atoms with E-state index in [0.29, 0.717) is 41.2 Å². The van der Waals surface area contributed by atoms with Gasteiger partial charge in [0.2, 0.25) is 5.91 Å². The molecule has 3 aliphatic rings. The van der Waals surface area contributed by atoms with Gasteiger partial charge in [0.15, 0.2) is 5.60 Å². The van der Waals surface area contributed by atoms with Crippen molar-refractivity contribution >= 4 is 48.0 Å². The van der Waals surface area contributed by atoms with E-state index in [0.717, 1.165) is 33.3 Å². The van der Waals surface area contributed by atoms with Crippen molar-refractivity contribution < 1.29 is 33.7 Å². The lowest BCUT2D eigenvalue weighted by molar-refractivity contribution is -0.151. The number of nitrogens with zero attached hydrogens (tertiary/aromatic N) is 2. The Bertz CT molecular complexity index is 2410. The molecule has 8 rings (SSSR count). The van der Waals surface area contributed by atoms with Gasteiger partial charge >= 0.3 is 0 Å². The zero-order valence-corrected chi connectivity index (χ0v) is 35.7. The highest BCUT2D eigenvalue weighted by Gasteiger charge is 2.66. The first-order valence-electron chi connectivity index (χ1n) is 20.4. The van der Waals surface area contributed by atoms with Gasteiger partial charge in [-0.3, -0.25) is 14.4 Å². The molecule has 12 heteroatoms. The number of nitrogens with one attached hydrogen (secondary N) is 1. The lowest BCUT2D eigenvalue weighted by atomic mass is 9.82. The standard InChI is InChI=1S/C48H52N4O7Si/c1-30-45(60(4,5)40-21-18-38(57-2)19-22-40)43(26-44(54)51-28-34-9-7-6-8-33(34)24-37(51)29-53)59-48(30)41-25-39(58-3)20-23-42(41)52(47(48)56)27-31-10-16-36(17-11-31)50-46(55)32-12-14-35(49)15-13-32/h6-23,25,30,37,43,45,53H,24,26-29,49H2,1-5H3,(H,50,55)/t30-,37+,43+,45-,48+/m1/s1. The van der Waals surface area contributed by atoms with Crippen LogP contribution < -0.4 is 30.6 Å². The molecular weight excluding hydrogens is 773 g/mol. The van der Waals surface area contributed by atoms with Crippen LogP contribution in [0.3, 0.4) is 0 Å². The molecule has 11 nitrogen and oxygen atoms in total. The second-order valence-electron chi connectivity index (χ2n) is 16.7. The number of hydrogen-bond acceptors (Lipinski definition) is 8. The molecule has 3 heterocycles. The third-order valence-electron chi connectivity index (χ3n) is 13.0. The minimum absolute atomic E-state index is 0.0537. The zero-order valence-electron chi connectivity index (χ0n) is 34.7. The smallest absolute Gasteiger partial charge is 0.264 e. The monoisotopic (exact) mass is 824 g/mol. The maximum atomic E-state index is 15.4. The third kappa shape index (κ3) is 7.22. The van der Waals surface area contributed by atoms with Crippen LogP contribution >= 0.6 is 0 Å². The summed E-state index contributed by atoms with van der Waals surface area (Å²) in [5, 5.41) is 14.6. The lowest BCUT2D eigenvalue weighted by Gasteiger charge is -2.39. The highest BCUT2D eigenvalue weighted by molar-refractivity contribution is 6.91. The van der Waals surface area contributed by atoms with Crippen LogP contribution in [0.1, 0.15) is 46.0 Å². The molecule has 0 saturated carbocycles. The number of benzene rings is 5. The predicted molar refractivity (Wildman–Crippen MR) is 235 cm³/mol. The van der Waals surface area contributed by atoms with Crippen LogP contribution in [0.2, 0.25) is 18.6 Å². The highest BCUT2D eigenvalue weighted by atomic mass is 28.3. The van der Waals surface area contributed by atoms with Crippen LogP contribution in [0, 0.1) is 5.92 Å². The number of nitrogens with two attached hydrogens (primary N) is 1. The number of aliphatic hydroxyl groups excluding tert-OH is 1. The number of nitrogen functional groups attached to an aromatic ring is 1. The van der Waals surface area contributed by atoms with Crippen LogP contribution in [0.4, 0.5) is 17.1 Å². The molecule has 1 saturated heterocycles. The van der Waals surface area contributed by atoms with E-state index in [4.69, 9.17) is 19.9 Å². The number of rotatable bonds is 11. The fraction of sp³-hybridized carbons (Fsp3) is 0.312. The molecule has 1 fully saturated rings. The van der Waals surface area contributed by atoms with Crippen molar-refractivity contribution in [3.63, 3.8) is 0 Å². The minimum Gasteiger partial charge on any atom is -0.497 e. The molecule has 1 spiro atoms. The number of hydrogen-bond donors (Lipinski definition) is 3. The van der Waals surface area contributed by atoms with E-state index >= 15 is 4.79 Å². The minimum atomic E-state index is -2.56. The fourth-order valence-electron chi connectivity index (χ4n) is 9.82. The Hall–Kier alpha value is -5.95. The van der Waals surface area contributed by atoms with Gasteiger partial charge in [-0.05, 0) is 95.4 Å². The largest absolute Gasteiger partial charge is 0.497 e. The number of carbonyl (C=O) groups is 3. The second-order valence-corrected chi connectivity index (χ2v) is 21.4. The summed E-state index contributed by atoms with van der Waals surface area (Å²) < 4.78 is 18.6. The van der Waals surface area contributed by atoms with E-state index in [2.05, 4.69) is 43.5 Å². The Labute approximate surface area is 352 Å². The van der Waals surface area contributed by atoms with Gasteiger partial charge < -0.3 is 40.2 Å². The summed E-state index contributed by atoms with van der Waals surface area (Å²) in [6, 6.07) is 35.7. The molecule has 0 bridgehead atoms. The zero-order chi connectivity index (χ0) is 42.3. The average Bonchev–Trinajstić information content (AvgIpc) is 3.69. The number of aliphatic hydroxyl groups is 1. The fourth-order valence-corrected chi connectivity index (χ4v) is 13.8. The van der Waals surface area contributed by atoms with Crippen LogP contribution in [0.5, 0.6) is 11.5 Å². The molecule has 5 atom stereocenters. The van der Waals surface area contributed by atoms with Crippen molar-refractivity contribution in [2.75, 3.05) is 36.8 Å². The maximum Gasteiger partial charge on any atom is 0.264 e. The van der Waals surface area contributed by atoms with Crippen molar-refractivity contribution in [3.8, 4) is 11.5 Å². The average molecular weight is 825 g/mol. The quantitative estimate of drug-likeness (QED) is 0.0995. The van der Waals surface area contributed by atoms with Gasteiger partial charge in [-0.1, -0.05) is 73.7 Å². The summed E-state index contributed by atoms with van der Waals surface area (Å²) >= 11 is 0. The molecule has 0 aromatic heterocycles. The molecule has 60 heavy (non-hydrogen) atoms. The van der Waals surface area contributed by atoms with Gasteiger partial charge in [0.05, 0.1) is 59.7 Å². The summed E-state index contributed by atoms with van der Waals surface area (Å²) in [5.41, 5.74) is 10.4. The summed E-state index contributed by atoms with van der Waals surface area (Å²) in [4.78, 5) is 46.5. The number of carbonyl (C=O) groups excluding carboxylic acids is 3. The summed E-state index contributed by atoms with van der Waals surface area (Å²) in [6.07, 6.45) is 0.00812. The van der Waals surface area contributed by atoms with Gasteiger partial charge in [-0.15, -0.1) is 0 Å². The van der Waals surface area contributed by atoms with Gasteiger partial charge in [-0.2, -0.15) is 0 Å². The highest BCUT2D eigenvalue weighted by Crippen LogP contribution is 2.60. The van der Waals surface area contributed by atoms with Crippen molar-refractivity contribution in [2.24, 2.45) is 5.92 Å². The molecular formula is C48H52N4O7Si. The normalized spacial score (nSPS) is 22.1. The Morgan fingerprint density at radius 2 is 1.57 bits per heavy atom. The summed E-state index contributed by atoms with van der Waals surface area (Å²) in [7, 11) is 0.690. The second kappa shape index (κ2) is 16.2. The summed E-state index contributed by atoms with van der Waals surface area (Å²) in [6.45, 7) is 7.18. The molecule has 310 valence electrons. The molecule has 0 unspecified atom stereocenters. The molecule has 5 aromatic carbocycles. The molecule has 4 N–H and O–H groups in total. The number of ether oxygens (including phenoxy) is 3. The van der Waals surface area contributed by atoms with Crippen molar-refractivity contribution in [1.82, 2.24) is 4.90 Å². The Morgan fingerprint density at radius 3 is 2.23 bits per heavy atom. The van der Waals surface area contributed by atoms with E-state index in [1.165, 1.54) is 0 Å². The van der Waals surface area contributed by atoms with E-state index in [9.17, 15) is 14.7 Å². The van der Waals surface area contributed by atoms with Gasteiger partial charge in [0.1, 0.15) is 11.5 Å². The van der Waals surface area contributed by atoms with Gasteiger partial charge in [-0.25, -0.2) is 0 Å². The Kier molecular flexibility index (Phi) is 11.1. The van der Waals surface area contributed by atoms with Crippen molar-refractivity contribution in [3.05, 3.63) is 143 Å². The number of methoxy groups -OCH3 is 2. The lowest BCUT2D eigenvalue weighted by Crippen LogP contribution is -2.52. The molecule has 0 aliphatic carbocycles. The Morgan fingerprint density at radius 1 is 0.900 bits per heavy atom. The SMILES string of the molecule is COc1ccc([Si](C)(C)[C@H]2[C@H](CC(=O)N3Cc4ccccc4C[C@H]3CO)O[C@@]3(C(=O)N(Cc4ccc(NC(=O)c5ccc(N)cc5)cc4)c4ccc(OC)cc43)[C@@H]2C)cc1. The molecule has 3 aliphatic heterocycles. The van der Waals surface area contributed by atoms with Crippen LogP contribution in [0.15, 0.2) is 115 Å². The van der Waals surface area contributed by atoms with E-state index in [1.807, 2.05) is 72.8 Å².